The van der Waals surface area contributed by atoms with Gasteiger partial charge in [0.25, 0.3) is 0 Å². The highest BCUT2D eigenvalue weighted by Crippen LogP contribution is 2.15. The minimum atomic E-state index is -0.609. The smallest absolute Gasteiger partial charge is 0.342 e. The van der Waals surface area contributed by atoms with Crippen molar-refractivity contribution >= 4 is 11.9 Å². The molecule has 0 saturated carbocycles. The Morgan fingerprint density at radius 3 is 2.65 bits per heavy atom. The maximum atomic E-state index is 11.4. The van der Waals surface area contributed by atoms with Gasteiger partial charge in [-0.25, -0.2) is 9.59 Å². The molecule has 88 valence electrons. The maximum absolute atomic E-state index is 11.4. The summed E-state index contributed by atoms with van der Waals surface area (Å²) in [6.45, 7) is 6.87. The Morgan fingerprint density at radius 1 is 1.35 bits per heavy atom. The van der Waals surface area contributed by atoms with E-state index in [4.69, 9.17) is 4.74 Å². The van der Waals surface area contributed by atoms with Gasteiger partial charge >= 0.3 is 11.9 Å². The summed E-state index contributed by atoms with van der Waals surface area (Å²) < 4.78 is 9.54. The number of methoxy groups -OCH3 is 1. The fourth-order valence-electron chi connectivity index (χ4n) is 1.06. The number of carbonyl (C=O) groups is 2. The first-order valence-corrected chi connectivity index (χ1v) is 4.80. The Balaban J connectivity index is 2.86. The molecule has 1 aromatic rings. The molecule has 17 heavy (non-hydrogen) atoms. The zero-order chi connectivity index (χ0) is 12.8. The molecule has 0 aliphatic rings. The fourth-order valence-corrected chi connectivity index (χ4v) is 1.06. The lowest BCUT2D eigenvalue weighted by Crippen LogP contribution is -2.09. The molecule has 0 aromatic heterocycles. The van der Waals surface area contributed by atoms with E-state index < -0.39 is 11.9 Å². The molecule has 0 heterocycles. The molecule has 0 N–H and O–H groups in total. The van der Waals surface area contributed by atoms with Crippen molar-refractivity contribution in [1.29, 1.82) is 0 Å². The molecule has 0 aliphatic heterocycles. The molecule has 0 spiro atoms. The average molecular weight is 232 g/mol. The van der Waals surface area contributed by atoms with E-state index in [9.17, 15) is 9.59 Å². The van der Waals surface area contributed by atoms with Gasteiger partial charge in [0.15, 0.2) is 0 Å². The van der Waals surface area contributed by atoms with Gasteiger partial charge in [0.1, 0.15) is 5.75 Å². The molecule has 1 aromatic carbocycles. The van der Waals surface area contributed by atoms with E-state index in [2.05, 4.69) is 17.9 Å². The van der Waals surface area contributed by atoms with E-state index in [-0.39, 0.29) is 11.3 Å². The Labute approximate surface area is 99.2 Å². The van der Waals surface area contributed by atoms with Gasteiger partial charge in [0.2, 0.25) is 0 Å². The van der Waals surface area contributed by atoms with Gasteiger partial charge in [-0.2, -0.15) is 0 Å². The third-order valence-electron chi connectivity index (χ3n) is 1.97. The van der Waals surface area contributed by atoms with Gasteiger partial charge in [0, 0.05) is 0 Å². The third-order valence-corrected chi connectivity index (χ3v) is 1.97. The van der Waals surface area contributed by atoms with Crippen LogP contribution in [0.15, 0.2) is 49.1 Å². The molecule has 4 heteroatoms. The second-order valence-electron chi connectivity index (χ2n) is 3.14. The molecular weight excluding hydrogens is 220 g/mol. The van der Waals surface area contributed by atoms with Gasteiger partial charge in [-0.3, -0.25) is 0 Å². The molecular formula is C13H12O4. The summed E-state index contributed by atoms with van der Waals surface area (Å²) >= 11 is 0. The number of rotatable bonds is 4. The molecule has 0 bridgehead atoms. The van der Waals surface area contributed by atoms with Gasteiger partial charge in [0.05, 0.1) is 18.2 Å². The highest BCUT2D eigenvalue weighted by Gasteiger charge is 2.10. The SMILES string of the molecule is C=CC(=C)C(=O)Oc1cccc(C(=O)OC)c1. The zero-order valence-electron chi connectivity index (χ0n) is 9.43. The highest BCUT2D eigenvalue weighted by atomic mass is 16.5. The van der Waals surface area contributed by atoms with Gasteiger partial charge in [-0.05, 0) is 18.2 Å². The van der Waals surface area contributed by atoms with Crippen LogP contribution in [0.2, 0.25) is 0 Å². The van der Waals surface area contributed by atoms with Crippen LogP contribution in [0.4, 0.5) is 0 Å². The molecule has 0 fully saturated rings. The highest BCUT2D eigenvalue weighted by molar-refractivity contribution is 5.93. The Bertz CT molecular complexity index is 474. The van der Waals surface area contributed by atoms with Crippen LogP contribution in [-0.4, -0.2) is 19.0 Å². The van der Waals surface area contributed by atoms with E-state index in [1.807, 2.05) is 0 Å². The first-order valence-electron chi connectivity index (χ1n) is 4.80. The summed E-state index contributed by atoms with van der Waals surface area (Å²) in [5, 5.41) is 0. The van der Waals surface area contributed by atoms with Crippen LogP contribution >= 0.6 is 0 Å². The number of hydrogen-bond donors (Lipinski definition) is 0. The molecule has 0 saturated heterocycles. The number of hydrogen-bond acceptors (Lipinski definition) is 4. The van der Waals surface area contributed by atoms with Gasteiger partial charge < -0.3 is 9.47 Å². The van der Waals surface area contributed by atoms with E-state index in [0.717, 1.165) is 0 Å². The van der Waals surface area contributed by atoms with Crippen molar-refractivity contribution in [3.63, 3.8) is 0 Å². The van der Waals surface area contributed by atoms with E-state index in [1.165, 1.54) is 19.3 Å². The molecule has 0 unspecified atom stereocenters. The number of carbonyl (C=O) groups excluding carboxylic acids is 2. The van der Waals surface area contributed by atoms with Crippen molar-refractivity contribution in [2.45, 2.75) is 0 Å². The topological polar surface area (TPSA) is 52.6 Å². The van der Waals surface area contributed by atoms with Crippen molar-refractivity contribution in [3.05, 3.63) is 54.6 Å². The second-order valence-corrected chi connectivity index (χ2v) is 3.14. The quantitative estimate of drug-likeness (QED) is 0.345. The molecule has 0 amide bonds. The lowest BCUT2D eigenvalue weighted by molar-refractivity contribution is -0.129. The summed E-state index contributed by atoms with van der Waals surface area (Å²) in [4.78, 5) is 22.6. The predicted molar refractivity (Wildman–Crippen MR) is 62.8 cm³/mol. The van der Waals surface area contributed by atoms with Crippen molar-refractivity contribution in [2.24, 2.45) is 0 Å². The summed E-state index contributed by atoms with van der Waals surface area (Å²) in [7, 11) is 1.28. The van der Waals surface area contributed by atoms with Crippen molar-refractivity contribution in [3.8, 4) is 5.75 Å². The average Bonchev–Trinajstić information content (AvgIpc) is 2.37. The van der Waals surface area contributed by atoms with Crippen LogP contribution < -0.4 is 4.74 Å². The monoisotopic (exact) mass is 232 g/mol. The molecule has 1 rings (SSSR count). The predicted octanol–water partition coefficient (Wildman–Crippen LogP) is 2.12. The van der Waals surface area contributed by atoms with Crippen LogP contribution in [0.1, 0.15) is 10.4 Å². The summed E-state index contributed by atoms with van der Waals surface area (Å²) in [5.41, 5.74) is 0.454. The molecule has 4 nitrogen and oxygen atoms in total. The number of ether oxygens (including phenoxy) is 2. The van der Waals surface area contributed by atoms with Crippen molar-refractivity contribution in [2.75, 3.05) is 7.11 Å². The largest absolute Gasteiger partial charge is 0.465 e. The number of benzene rings is 1. The second kappa shape index (κ2) is 5.65. The van der Waals surface area contributed by atoms with E-state index >= 15 is 0 Å². The Morgan fingerprint density at radius 2 is 2.06 bits per heavy atom. The lowest BCUT2D eigenvalue weighted by Gasteiger charge is -2.05. The molecule has 0 atom stereocenters. The number of esters is 2. The van der Waals surface area contributed by atoms with Gasteiger partial charge in [-0.15, -0.1) is 0 Å². The van der Waals surface area contributed by atoms with Crippen molar-refractivity contribution < 1.29 is 19.1 Å². The standard InChI is InChI=1S/C13H12O4/c1-4-9(2)12(14)17-11-7-5-6-10(8-11)13(15)16-3/h4-8H,1-2H2,3H3. The first-order chi connectivity index (χ1) is 8.08. The fraction of sp³-hybridized carbons (Fsp3) is 0.0769. The maximum Gasteiger partial charge on any atom is 0.342 e. The van der Waals surface area contributed by atoms with Crippen LogP contribution in [0.25, 0.3) is 0 Å². The van der Waals surface area contributed by atoms with Crippen LogP contribution in [-0.2, 0) is 9.53 Å². The molecule has 0 aliphatic carbocycles. The summed E-state index contributed by atoms with van der Waals surface area (Å²) in [6.07, 6.45) is 1.30. The minimum Gasteiger partial charge on any atom is -0.465 e. The normalized spacial score (nSPS) is 9.24. The van der Waals surface area contributed by atoms with Crippen molar-refractivity contribution in [1.82, 2.24) is 0 Å². The van der Waals surface area contributed by atoms with Crippen LogP contribution in [0, 0.1) is 0 Å². The van der Waals surface area contributed by atoms with Crippen LogP contribution in [0.5, 0.6) is 5.75 Å². The minimum absolute atomic E-state index is 0.147. The summed E-state index contributed by atoms with van der Waals surface area (Å²) in [5.74, 6) is -0.853. The van der Waals surface area contributed by atoms with Crippen LogP contribution in [0.3, 0.4) is 0 Å². The lowest BCUT2D eigenvalue weighted by atomic mass is 10.2. The van der Waals surface area contributed by atoms with E-state index in [1.54, 1.807) is 18.2 Å². The third kappa shape index (κ3) is 3.31. The Hall–Kier alpha value is -2.36. The molecule has 0 radical (unpaired) electrons. The van der Waals surface area contributed by atoms with E-state index in [0.29, 0.717) is 5.56 Å². The Kier molecular flexibility index (Phi) is 4.22. The summed E-state index contributed by atoms with van der Waals surface area (Å²) in [6, 6.07) is 6.12. The van der Waals surface area contributed by atoms with Gasteiger partial charge in [-0.1, -0.05) is 25.3 Å². The first kappa shape index (κ1) is 12.7. The zero-order valence-corrected chi connectivity index (χ0v) is 9.43.